The quantitative estimate of drug-likeness (QED) is 0.354. The minimum Gasteiger partial charge on any atom is -0.378 e. The van der Waals surface area contributed by atoms with E-state index < -0.39 is 0 Å². The monoisotopic (exact) mass is 259 g/mol. The van der Waals surface area contributed by atoms with Gasteiger partial charge in [-0.1, -0.05) is 5.57 Å². The van der Waals surface area contributed by atoms with Crippen LogP contribution in [-0.2, 0) is 0 Å². The van der Waals surface area contributed by atoms with Crippen LogP contribution in [0.4, 0.5) is 11.4 Å². The molecular weight excluding hydrogens is 236 g/mol. The average Bonchev–Trinajstić information content (AvgIpc) is 2.34. The lowest BCUT2D eigenvalue weighted by atomic mass is 10.3. The Bertz CT molecular complexity index is 499. The van der Waals surface area contributed by atoms with Crippen LogP contribution in [0.3, 0.4) is 0 Å². The third-order valence-electron chi connectivity index (χ3n) is 2.51. The van der Waals surface area contributed by atoms with Crippen molar-refractivity contribution < 1.29 is 4.58 Å². The van der Waals surface area contributed by atoms with Gasteiger partial charge < -0.3 is 4.90 Å². The third-order valence-corrected chi connectivity index (χ3v) is 2.51. The molecule has 0 spiro atoms. The van der Waals surface area contributed by atoms with E-state index in [2.05, 4.69) is 15.1 Å². The van der Waals surface area contributed by atoms with Crippen LogP contribution in [0.1, 0.15) is 13.8 Å². The topological polar surface area (TPSA) is 31.0 Å². The van der Waals surface area contributed by atoms with Crippen LogP contribution in [0.25, 0.3) is 0 Å². The lowest BCUT2D eigenvalue weighted by Gasteiger charge is -2.11. The molecule has 0 heterocycles. The zero-order valence-corrected chi connectivity index (χ0v) is 12.7. The summed E-state index contributed by atoms with van der Waals surface area (Å²) in [5.41, 5.74) is 3.21. The van der Waals surface area contributed by atoms with Crippen molar-refractivity contribution in [2.24, 2.45) is 10.2 Å². The van der Waals surface area contributed by atoms with E-state index in [-0.39, 0.29) is 0 Å². The number of anilines is 1. The van der Waals surface area contributed by atoms with Gasteiger partial charge >= 0.3 is 5.84 Å². The van der Waals surface area contributed by atoms with E-state index in [0.29, 0.717) is 0 Å². The molecule has 0 amide bonds. The maximum Gasteiger partial charge on any atom is 0.345 e. The van der Waals surface area contributed by atoms with Gasteiger partial charge in [0.15, 0.2) is 0 Å². The molecule has 0 aromatic heterocycles. The Balaban J connectivity index is 2.92. The predicted molar refractivity (Wildman–Crippen MR) is 81.8 cm³/mol. The SMILES string of the molecule is CC(C)=CC(N=Nc1ccc(N(C)C)cc1)=[N+](C)C. The van der Waals surface area contributed by atoms with Gasteiger partial charge in [0.1, 0.15) is 5.69 Å². The van der Waals surface area contributed by atoms with Crippen molar-refractivity contribution >= 4 is 17.2 Å². The third kappa shape index (κ3) is 5.04. The van der Waals surface area contributed by atoms with Crippen LogP contribution in [0.15, 0.2) is 46.1 Å². The summed E-state index contributed by atoms with van der Waals surface area (Å²) in [4.78, 5) is 2.06. The van der Waals surface area contributed by atoms with Crippen LogP contribution in [-0.4, -0.2) is 38.6 Å². The van der Waals surface area contributed by atoms with E-state index >= 15 is 0 Å². The number of hydrogen-bond donors (Lipinski definition) is 0. The molecule has 0 radical (unpaired) electrons. The Kier molecular flexibility index (Phi) is 5.42. The fourth-order valence-electron chi connectivity index (χ4n) is 1.43. The maximum atomic E-state index is 4.29. The van der Waals surface area contributed by atoms with Gasteiger partial charge in [-0.2, -0.15) is 0 Å². The number of rotatable bonds is 3. The Morgan fingerprint density at radius 1 is 1.11 bits per heavy atom. The number of amidine groups is 1. The van der Waals surface area contributed by atoms with Crippen LogP contribution in [0, 0.1) is 0 Å². The fourth-order valence-corrected chi connectivity index (χ4v) is 1.43. The highest BCUT2D eigenvalue weighted by Crippen LogP contribution is 2.18. The Hall–Kier alpha value is -1.97. The highest BCUT2D eigenvalue weighted by atomic mass is 15.2. The summed E-state index contributed by atoms with van der Waals surface area (Å²) in [5.74, 6) is 0.844. The minimum atomic E-state index is 0.844. The maximum absolute atomic E-state index is 4.29. The molecule has 0 atom stereocenters. The first kappa shape index (κ1) is 15.1. The van der Waals surface area contributed by atoms with Crippen LogP contribution in [0.2, 0.25) is 0 Å². The average molecular weight is 259 g/mol. The first-order chi connectivity index (χ1) is 8.90. The smallest absolute Gasteiger partial charge is 0.345 e. The van der Waals surface area contributed by atoms with Gasteiger partial charge in [0.25, 0.3) is 0 Å². The fraction of sp³-hybridized carbons (Fsp3) is 0.400. The lowest BCUT2D eigenvalue weighted by molar-refractivity contribution is -0.464. The molecule has 1 aromatic rings. The van der Waals surface area contributed by atoms with E-state index in [1.165, 1.54) is 5.57 Å². The van der Waals surface area contributed by atoms with Gasteiger partial charge in [0, 0.05) is 25.9 Å². The molecule has 0 aliphatic heterocycles. The second kappa shape index (κ2) is 6.83. The first-order valence-corrected chi connectivity index (χ1v) is 6.28. The standard InChI is InChI=1S/C15H23N4/c1-12(2)11-15(19(5)6)17-16-13-7-9-14(10-8-13)18(3)4/h7-11H,1-6H3/q+1. The van der Waals surface area contributed by atoms with Gasteiger partial charge in [-0.15, -0.1) is 0 Å². The molecule has 0 saturated heterocycles. The van der Waals surface area contributed by atoms with Gasteiger partial charge in [0.05, 0.1) is 19.2 Å². The number of benzene rings is 1. The van der Waals surface area contributed by atoms with E-state index in [4.69, 9.17) is 0 Å². The summed E-state index contributed by atoms with van der Waals surface area (Å²) in [5, 5.41) is 8.55. The van der Waals surface area contributed by atoms with Gasteiger partial charge in [-0.05, 0) is 43.2 Å². The van der Waals surface area contributed by atoms with Crippen molar-refractivity contribution in [1.29, 1.82) is 0 Å². The van der Waals surface area contributed by atoms with Crippen molar-refractivity contribution in [2.75, 3.05) is 33.1 Å². The molecule has 4 heteroatoms. The van der Waals surface area contributed by atoms with Crippen LogP contribution < -0.4 is 4.90 Å². The zero-order chi connectivity index (χ0) is 14.4. The van der Waals surface area contributed by atoms with Crippen molar-refractivity contribution in [2.45, 2.75) is 13.8 Å². The van der Waals surface area contributed by atoms with E-state index in [1.807, 2.05) is 77.0 Å². The Morgan fingerprint density at radius 2 is 1.68 bits per heavy atom. The Labute approximate surface area is 115 Å². The zero-order valence-electron chi connectivity index (χ0n) is 12.7. The Morgan fingerprint density at radius 3 is 2.11 bits per heavy atom. The summed E-state index contributed by atoms with van der Waals surface area (Å²) in [7, 11) is 7.96. The normalized spacial score (nSPS) is 10.4. The lowest BCUT2D eigenvalue weighted by Crippen LogP contribution is -2.08. The van der Waals surface area contributed by atoms with Crippen molar-refractivity contribution in [1.82, 2.24) is 0 Å². The van der Waals surface area contributed by atoms with E-state index in [1.54, 1.807) is 0 Å². The number of azo groups is 1. The summed E-state index contributed by atoms with van der Waals surface area (Å²) in [6.45, 7) is 4.09. The van der Waals surface area contributed by atoms with Gasteiger partial charge in [-0.25, -0.2) is 0 Å². The molecule has 0 bridgehead atoms. The molecule has 102 valence electrons. The molecule has 0 aliphatic rings. The number of allylic oxidation sites excluding steroid dienone is 1. The molecule has 4 nitrogen and oxygen atoms in total. The molecule has 0 unspecified atom stereocenters. The van der Waals surface area contributed by atoms with Crippen LogP contribution in [0.5, 0.6) is 0 Å². The van der Waals surface area contributed by atoms with Gasteiger partial charge in [-0.3, -0.25) is 4.58 Å². The minimum absolute atomic E-state index is 0.844. The van der Waals surface area contributed by atoms with Crippen LogP contribution >= 0.6 is 0 Å². The summed E-state index contributed by atoms with van der Waals surface area (Å²) >= 11 is 0. The predicted octanol–water partition coefficient (Wildman–Crippen LogP) is 3.47. The number of nitrogens with zero attached hydrogens (tertiary/aromatic N) is 4. The second-order valence-electron chi connectivity index (χ2n) is 5.09. The summed E-state index contributed by atoms with van der Waals surface area (Å²) in [6, 6.07) is 8.00. The molecule has 19 heavy (non-hydrogen) atoms. The molecule has 0 fully saturated rings. The first-order valence-electron chi connectivity index (χ1n) is 6.28. The molecule has 1 aromatic carbocycles. The summed E-state index contributed by atoms with van der Waals surface area (Å²) < 4.78 is 1.95. The second-order valence-corrected chi connectivity index (χ2v) is 5.09. The molecule has 0 aliphatic carbocycles. The molecule has 1 rings (SSSR count). The molecule has 0 N–H and O–H groups in total. The molecular formula is C15H23N4+. The summed E-state index contributed by atoms with van der Waals surface area (Å²) in [6.07, 6.45) is 2.01. The van der Waals surface area contributed by atoms with E-state index in [0.717, 1.165) is 17.2 Å². The highest BCUT2D eigenvalue weighted by molar-refractivity contribution is 5.89. The van der Waals surface area contributed by atoms with Gasteiger partial charge in [0.2, 0.25) is 0 Å². The van der Waals surface area contributed by atoms with E-state index in [9.17, 15) is 0 Å². The molecule has 0 saturated carbocycles. The number of hydrogen-bond acceptors (Lipinski definition) is 2. The van der Waals surface area contributed by atoms with Crippen molar-refractivity contribution in [3.8, 4) is 0 Å². The largest absolute Gasteiger partial charge is 0.378 e. The highest BCUT2D eigenvalue weighted by Gasteiger charge is 2.05. The van der Waals surface area contributed by atoms with Crippen molar-refractivity contribution in [3.05, 3.63) is 35.9 Å². The van der Waals surface area contributed by atoms with Crippen molar-refractivity contribution in [3.63, 3.8) is 0 Å².